The molecule has 134 valence electrons. The van der Waals surface area contributed by atoms with Crippen molar-refractivity contribution >= 4 is 0 Å². The first-order valence-corrected chi connectivity index (χ1v) is 9.59. The molecule has 1 rings (SSSR count). The molecule has 0 radical (unpaired) electrons. The van der Waals surface area contributed by atoms with Gasteiger partial charge < -0.3 is 10.1 Å². The summed E-state index contributed by atoms with van der Waals surface area (Å²) in [5, 5.41) is 3.71. The van der Waals surface area contributed by atoms with Crippen molar-refractivity contribution in [2.45, 2.75) is 97.6 Å². The Morgan fingerprint density at radius 2 is 1.91 bits per heavy atom. The number of nitrogens with one attached hydrogen (secondary N) is 1. The summed E-state index contributed by atoms with van der Waals surface area (Å²) in [7, 11) is 0. The molecule has 1 aliphatic rings. The lowest BCUT2D eigenvalue weighted by atomic mass is 9.99. The second-order valence-electron chi connectivity index (χ2n) is 7.75. The van der Waals surface area contributed by atoms with Gasteiger partial charge in [-0.15, -0.1) is 0 Å². The smallest absolute Gasteiger partial charge is 0.126 e. The predicted molar refractivity (Wildman–Crippen MR) is 102 cm³/mol. The van der Waals surface area contributed by atoms with Gasteiger partial charge >= 0.3 is 0 Å². The van der Waals surface area contributed by atoms with E-state index in [0.717, 1.165) is 25.1 Å². The third kappa shape index (κ3) is 5.67. The van der Waals surface area contributed by atoms with Gasteiger partial charge in [0.15, 0.2) is 0 Å². The lowest BCUT2D eigenvalue weighted by Gasteiger charge is -2.26. The maximum atomic E-state index is 6.31. The summed E-state index contributed by atoms with van der Waals surface area (Å²) in [5.74, 6) is 1.21. The van der Waals surface area contributed by atoms with Crippen LogP contribution in [0.5, 0.6) is 0 Å². The molecule has 0 heterocycles. The minimum atomic E-state index is -0.103. The molecule has 0 saturated heterocycles. The van der Waals surface area contributed by atoms with Gasteiger partial charge in [0, 0.05) is 12.3 Å². The second kappa shape index (κ2) is 8.92. The van der Waals surface area contributed by atoms with Crippen molar-refractivity contribution < 1.29 is 4.74 Å². The zero-order chi connectivity index (χ0) is 17.5. The van der Waals surface area contributed by atoms with Crippen LogP contribution in [-0.2, 0) is 4.74 Å². The van der Waals surface area contributed by atoms with E-state index in [-0.39, 0.29) is 11.1 Å². The van der Waals surface area contributed by atoms with E-state index in [1.54, 1.807) is 0 Å². The third-order valence-electron chi connectivity index (χ3n) is 5.56. The van der Waals surface area contributed by atoms with E-state index in [9.17, 15) is 0 Å². The average Bonchev–Trinajstić information content (AvgIpc) is 3.04. The normalized spacial score (nSPS) is 28.5. The molecule has 1 saturated carbocycles. The van der Waals surface area contributed by atoms with Crippen molar-refractivity contribution in [1.82, 2.24) is 5.32 Å². The summed E-state index contributed by atoms with van der Waals surface area (Å²) < 4.78 is 6.31. The molecule has 1 N–H and O–H groups in total. The van der Waals surface area contributed by atoms with E-state index in [1.165, 1.54) is 37.7 Å². The number of rotatable bonds is 12. The van der Waals surface area contributed by atoms with Gasteiger partial charge in [0.2, 0.25) is 0 Å². The molecule has 2 nitrogen and oxygen atoms in total. The van der Waals surface area contributed by atoms with E-state index < -0.39 is 0 Å². The first kappa shape index (κ1) is 20.3. The highest BCUT2D eigenvalue weighted by Gasteiger charge is 2.63. The summed E-state index contributed by atoms with van der Waals surface area (Å²) in [6.07, 6.45) is 10.9. The predicted octanol–water partition coefficient (Wildman–Crippen LogP) is 5.99. The Morgan fingerprint density at radius 1 is 1.22 bits per heavy atom. The largest absolute Gasteiger partial charge is 0.490 e. The SMILES string of the molecule is C=C(OC1(C)CC1(C)NCCCCCC)C(C)/C(C)=C\CCC. The molecule has 2 heteroatoms. The first-order valence-electron chi connectivity index (χ1n) is 9.59. The zero-order valence-corrected chi connectivity index (χ0v) is 16.4. The Morgan fingerprint density at radius 3 is 2.52 bits per heavy atom. The summed E-state index contributed by atoms with van der Waals surface area (Å²) in [6.45, 7) is 18.6. The van der Waals surface area contributed by atoms with E-state index in [2.05, 4.69) is 59.5 Å². The first-order chi connectivity index (χ1) is 10.8. The topological polar surface area (TPSA) is 21.3 Å². The van der Waals surface area contributed by atoms with Gasteiger partial charge in [-0.2, -0.15) is 0 Å². The zero-order valence-electron chi connectivity index (χ0n) is 16.4. The third-order valence-corrected chi connectivity index (χ3v) is 5.56. The lowest BCUT2D eigenvalue weighted by Crippen LogP contribution is -2.38. The van der Waals surface area contributed by atoms with E-state index >= 15 is 0 Å². The van der Waals surface area contributed by atoms with E-state index in [0.29, 0.717) is 5.92 Å². The van der Waals surface area contributed by atoms with Crippen molar-refractivity contribution in [1.29, 1.82) is 0 Å². The van der Waals surface area contributed by atoms with Crippen molar-refractivity contribution in [3.63, 3.8) is 0 Å². The summed E-state index contributed by atoms with van der Waals surface area (Å²) in [5.41, 5.74) is 1.37. The second-order valence-corrected chi connectivity index (χ2v) is 7.75. The van der Waals surface area contributed by atoms with Crippen LogP contribution in [0.4, 0.5) is 0 Å². The number of hydrogen-bond acceptors (Lipinski definition) is 2. The Balaban J connectivity index is 2.43. The van der Waals surface area contributed by atoms with Gasteiger partial charge in [-0.25, -0.2) is 0 Å². The average molecular weight is 322 g/mol. The van der Waals surface area contributed by atoms with Gasteiger partial charge in [0.1, 0.15) is 5.60 Å². The number of unbranched alkanes of at least 4 members (excludes halogenated alkanes) is 4. The van der Waals surface area contributed by atoms with Crippen LogP contribution in [0.25, 0.3) is 0 Å². The Bertz CT molecular complexity index is 414. The minimum Gasteiger partial charge on any atom is -0.490 e. The molecular formula is C21H39NO. The fraction of sp³-hybridized carbons (Fsp3) is 0.810. The lowest BCUT2D eigenvalue weighted by molar-refractivity contribution is 0.0703. The number of hydrogen-bond donors (Lipinski definition) is 1. The summed E-state index contributed by atoms with van der Waals surface area (Å²) in [4.78, 5) is 0. The number of ether oxygens (including phenoxy) is 1. The summed E-state index contributed by atoms with van der Waals surface area (Å²) >= 11 is 0. The van der Waals surface area contributed by atoms with Crippen LogP contribution in [0.3, 0.4) is 0 Å². The van der Waals surface area contributed by atoms with Gasteiger partial charge in [-0.05, 0) is 40.2 Å². The maximum Gasteiger partial charge on any atom is 0.126 e. The van der Waals surface area contributed by atoms with Crippen LogP contribution in [-0.4, -0.2) is 17.7 Å². The molecule has 3 atom stereocenters. The van der Waals surface area contributed by atoms with E-state index in [1.807, 2.05) is 0 Å². The Kier molecular flexibility index (Phi) is 7.86. The molecule has 0 spiro atoms. The van der Waals surface area contributed by atoms with Crippen LogP contribution in [0.15, 0.2) is 24.0 Å². The van der Waals surface area contributed by atoms with Gasteiger partial charge in [-0.3, -0.25) is 0 Å². The minimum absolute atomic E-state index is 0.100. The highest BCUT2D eigenvalue weighted by molar-refractivity contribution is 5.23. The van der Waals surface area contributed by atoms with Crippen LogP contribution in [0.1, 0.15) is 86.5 Å². The maximum absolute atomic E-state index is 6.31. The monoisotopic (exact) mass is 321 g/mol. The van der Waals surface area contributed by atoms with Crippen molar-refractivity contribution in [2.24, 2.45) is 5.92 Å². The molecule has 1 aliphatic carbocycles. The van der Waals surface area contributed by atoms with Crippen LogP contribution in [0, 0.1) is 5.92 Å². The molecule has 23 heavy (non-hydrogen) atoms. The quantitative estimate of drug-likeness (QED) is 0.271. The number of allylic oxidation sites excluding steroid dienone is 2. The standard InChI is InChI=1S/C21H39NO/c1-8-10-12-13-15-22-20(6)16-21(20,7)23-19(5)18(4)17(3)14-11-9-2/h14,18,22H,5,8-13,15-16H2,1-4,6-7H3/b17-14-. The van der Waals surface area contributed by atoms with Crippen LogP contribution < -0.4 is 5.32 Å². The fourth-order valence-electron chi connectivity index (χ4n) is 3.13. The molecule has 0 bridgehead atoms. The molecule has 0 aromatic rings. The van der Waals surface area contributed by atoms with Crippen molar-refractivity contribution in [3.05, 3.63) is 24.0 Å². The Hall–Kier alpha value is -0.760. The molecule has 1 fully saturated rings. The van der Waals surface area contributed by atoms with Crippen LogP contribution >= 0.6 is 0 Å². The molecule has 0 aliphatic heterocycles. The molecular weight excluding hydrogens is 282 g/mol. The van der Waals surface area contributed by atoms with Gasteiger partial charge in [0.25, 0.3) is 0 Å². The molecule has 0 aromatic heterocycles. The molecule has 0 aromatic carbocycles. The summed E-state index contributed by atoms with van der Waals surface area (Å²) in [6, 6.07) is 0. The van der Waals surface area contributed by atoms with Crippen LogP contribution in [0.2, 0.25) is 0 Å². The molecule has 0 amide bonds. The Labute approximate surface area is 144 Å². The van der Waals surface area contributed by atoms with Crippen molar-refractivity contribution in [3.8, 4) is 0 Å². The highest BCUT2D eigenvalue weighted by Crippen LogP contribution is 2.52. The fourth-order valence-corrected chi connectivity index (χ4v) is 3.13. The van der Waals surface area contributed by atoms with E-state index in [4.69, 9.17) is 4.74 Å². The van der Waals surface area contributed by atoms with Gasteiger partial charge in [-0.1, -0.05) is 64.7 Å². The van der Waals surface area contributed by atoms with Gasteiger partial charge in [0.05, 0.1) is 11.3 Å². The highest BCUT2D eigenvalue weighted by atomic mass is 16.5. The van der Waals surface area contributed by atoms with Crippen molar-refractivity contribution in [2.75, 3.05) is 6.54 Å². The molecule has 3 unspecified atom stereocenters.